The van der Waals surface area contributed by atoms with E-state index in [1.54, 1.807) is 24.2 Å². The van der Waals surface area contributed by atoms with E-state index in [0.29, 0.717) is 27.2 Å². The molecule has 0 aliphatic heterocycles. The number of aliphatic hydroxyl groups excluding tert-OH is 1. The Hall–Kier alpha value is -3.73. The van der Waals surface area contributed by atoms with Crippen molar-refractivity contribution in [3.05, 3.63) is 71.8 Å². The van der Waals surface area contributed by atoms with Crippen LogP contribution in [0.3, 0.4) is 0 Å². The highest BCUT2D eigenvalue weighted by atomic mass is 32.2. The number of thioether (sulfide) groups is 1. The normalized spacial score (nSPS) is 12.7. The van der Waals surface area contributed by atoms with Crippen LogP contribution in [-0.4, -0.2) is 71.1 Å². The summed E-state index contributed by atoms with van der Waals surface area (Å²) >= 11 is 7.47. The molecule has 44 heavy (non-hydrogen) atoms. The molecule has 16 heteroatoms. The number of thiazole rings is 1. The number of aromatic nitrogens is 7. The summed E-state index contributed by atoms with van der Waals surface area (Å²) in [4.78, 5) is 16.9. The van der Waals surface area contributed by atoms with E-state index in [4.69, 9.17) is 9.47 Å². The molecular weight excluding hydrogens is 628 g/mol. The van der Waals surface area contributed by atoms with E-state index in [-0.39, 0.29) is 38.3 Å². The number of fused-ring (bicyclic) bond motifs is 1. The first-order valence-electron chi connectivity index (χ1n) is 13.7. The largest absolute Gasteiger partial charge is 0.487 e. The Morgan fingerprint density at radius 2 is 1.89 bits per heavy atom. The molecule has 5 aromatic rings. The Kier molecular flexibility index (Phi) is 11.0. The number of nitrogens with zero attached hydrogens (tertiary/aromatic N) is 7. The van der Waals surface area contributed by atoms with Gasteiger partial charge in [-0.15, -0.1) is 34.2 Å². The average molecular weight is 659 g/mol. The standard InChI is InChI=1S/C28H31FN8O4S3/c1-18(16-43-17-19-3-2-4-23(7-19)40-15-21-11-37(35-33-21)22(9-29)13-38)30-27(39)12-36-10-20(32-34-36)14-41-24-5-6-25-26(8-24)44-28(42)31-25/h2-8,10-11,18,22,38H,9,12-17H2,1H3,(H,30,39)(H,31,42)/t18-,22?/m0/s1. The number of alkyl halides is 1. The summed E-state index contributed by atoms with van der Waals surface area (Å²) < 4.78 is 29.1. The molecule has 0 aliphatic carbocycles. The summed E-state index contributed by atoms with van der Waals surface area (Å²) in [5, 5.41) is 28.2. The van der Waals surface area contributed by atoms with Crippen LogP contribution in [0.4, 0.5) is 4.39 Å². The van der Waals surface area contributed by atoms with Gasteiger partial charge >= 0.3 is 0 Å². The minimum atomic E-state index is -0.746. The fourth-order valence-corrected chi connectivity index (χ4v) is 6.23. The number of amides is 1. The maximum atomic E-state index is 12.9. The Bertz CT molecular complexity index is 1680. The van der Waals surface area contributed by atoms with E-state index in [9.17, 15) is 14.3 Å². The highest BCUT2D eigenvalue weighted by molar-refractivity contribution is 7.98. The van der Waals surface area contributed by atoms with E-state index in [1.165, 1.54) is 20.7 Å². The third-order valence-electron chi connectivity index (χ3n) is 6.28. The second kappa shape index (κ2) is 15.3. The van der Waals surface area contributed by atoms with Crippen molar-refractivity contribution in [2.24, 2.45) is 0 Å². The lowest BCUT2D eigenvalue weighted by atomic mass is 10.2. The van der Waals surface area contributed by atoms with Crippen LogP contribution >= 0.6 is 35.7 Å². The summed E-state index contributed by atoms with van der Waals surface area (Å²) in [6.45, 7) is 1.33. The van der Waals surface area contributed by atoms with E-state index in [0.717, 1.165) is 27.3 Å². The number of carbonyl (C=O) groups excluding carboxylic acids is 1. The molecule has 232 valence electrons. The van der Waals surface area contributed by atoms with Gasteiger partial charge in [-0.05, 0) is 42.8 Å². The van der Waals surface area contributed by atoms with Crippen molar-refractivity contribution < 1.29 is 23.8 Å². The molecule has 5 rings (SSSR count). The molecule has 2 aromatic carbocycles. The molecule has 0 spiro atoms. The molecule has 1 amide bonds. The fraction of sp³-hybridized carbons (Fsp3) is 0.357. The lowest BCUT2D eigenvalue weighted by Gasteiger charge is -2.14. The average Bonchev–Trinajstić information content (AvgIpc) is 3.75. The van der Waals surface area contributed by atoms with Crippen LogP contribution in [0.2, 0.25) is 0 Å². The molecule has 1 unspecified atom stereocenters. The number of ether oxygens (including phenoxy) is 2. The monoisotopic (exact) mass is 658 g/mol. The van der Waals surface area contributed by atoms with Crippen molar-refractivity contribution in [1.29, 1.82) is 0 Å². The predicted molar refractivity (Wildman–Crippen MR) is 168 cm³/mol. The lowest BCUT2D eigenvalue weighted by Crippen LogP contribution is -2.36. The Labute approximate surface area is 266 Å². The SMILES string of the molecule is C[C@@H](CSCc1cccc(OCc2cn(C(CO)CF)nn2)c1)NC(=O)Cn1cc(COc2ccc3nc(S)sc3c2)nn1. The smallest absolute Gasteiger partial charge is 0.242 e. The number of carbonyl (C=O) groups is 1. The highest BCUT2D eigenvalue weighted by Gasteiger charge is 2.13. The van der Waals surface area contributed by atoms with E-state index in [2.05, 4.69) is 43.6 Å². The van der Waals surface area contributed by atoms with Crippen LogP contribution in [0.5, 0.6) is 11.5 Å². The number of hydrogen-bond donors (Lipinski definition) is 3. The molecule has 0 aliphatic rings. The first-order chi connectivity index (χ1) is 21.4. The van der Waals surface area contributed by atoms with Gasteiger partial charge in [-0.25, -0.2) is 18.7 Å². The van der Waals surface area contributed by atoms with Crippen LogP contribution in [0.1, 0.15) is 29.9 Å². The van der Waals surface area contributed by atoms with Crippen LogP contribution in [0.15, 0.2) is 59.2 Å². The molecule has 0 fully saturated rings. The summed E-state index contributed by atoms with van der Waals surface area (Å²) in [6, 6.07) is 12.6. The van der Waals surface area contributed by atoms with Crippen LogP contribution in [0, 0.1) is 0 Å². The summed E-state index contributed by atoms with van der Waals surface area (Å²) in [7, 11) is 0. The number of aliphatic hydroxyl groups is 1. The van der Waals surface area contributed by atoms with Crippen molar-refractivity contribution in [2.75, 3.05) is 19.0 Å². The highest BCUT2D eigenvalue weighted by Crippen LogP contribution is 2.28. The van der Waals surface area contributed by atoms with Gasteiger partial charge in [0.1, 0.15) is 59.7 Å². The minimum Gasteiger partial charge on any atom is -0.487 e. The molecule has 0 bridgehead atoms. The van der Waals surface area contributed by atoms with Crippen molar-refractivity contribution in [3.63, 3.8) is 0 Å². The zero-order valence-electron chi connectivity index (χ0n) is 23.7. The predicted octanol–water partition coefficient (Wildman–Crippen LogP) is 3.87. The molecular formula is C28H31FN8O4S3. The van der Waals surface area contributed by atoms with Gasteiger partial charge in [0, 0.05) is 17.5 Å². The molecule has 2 atom stereocenters. The number of rotatable bonds is 16. The Morgan fingerprint density at radius 1 is 1.11 bits per heavy atom. The number of benzene rings is 2. The van der Waals surface area contributed by atoms with Crippen molar-refractivity contribution >= 4 is 51.9 Å². The summed E-state index contributed by atoms with van der Waals surface area (Å²) in [5.74, 6) is 2.67. The Balaban J connectivity index is 1.00. The fourth-order valence-electron chi connectivity index (χ4n) is 4.13. The van der Waals surface area contributed by atoms with Crippen LogP contribution < -0.4 is 14.8 Å². The molecule has 0 radical (unpaired) electrons. The third-order valence-corrected chi connectivity index (χ3v) is 8.74. The van der Waals surface area contributed by atoms with Gasteiger partial charge in [0.2, 0.25) is 5.91 Å². The molecule has 3 aromatic heterocycles. The number of halogens is 1. The lowest BCUT2D eigenvalue weighted by molar-refractivity contribution is -0.122. The maximum absolute atomic E-state index is 12.9. The van der Waals surface area contributed by atoms with E-state index in [1.807, 2.05) is 49.4 Å². The van der Waals surface area contributed by atoms with Crippen molar-refractivity contribution in [3.8, 4) is 11.5 Å². The van der Waals surface area contributed by atoms with Crippen LogP contribution in [0.25, 0.3) is 10.2 Å². The third kappa shape index (κ3) is 8.90. The maximum Gasteiger partial charge on any atom is 0.242 e. The van der Waals surface area contributed by atoms with Gasteiger partial charge in [-0.3, -0.25) is 4.79 Å². The number of hydrogen-bond acceptors (Lipinski definition) is 12. The van der Waals surface area contributed by atoms with E-state index < -0.39 is 12.7 Å². The topological polar surface area (TPSA) is 142 Å². The molecule has 12 nitrogen and oxygen atoms in total. The first kappa shape index (κ1) is 31.7. The summed E-state index contributed by atoms with van der Waals surface area (Å²) in [5.41, 5.74) is 3.10. The van der Waals surface area contributed by atoms with Gasteiger partial charge in [0.25, 0.3) is 0 Å². The quantitative estimate of drug-likeness (QED) is 0.134. The second-order valence-corrected chi connectivity index (χ2v) is 12.7. The zero-order valence-corrected chi connectivity index (χ0v) is 26.3. The van der Waals surface area contributed by atoms with Gasteiger partial charge < -0.3 is 19.9 Å². The minimum absolute atomic E-state index is 0.0487. The van der Waals surface area contributed by atoms with E-state index >= 15 is 0 Å². The van der Waals surface area contributed by atoms with Crippen molar-refractivity contribution in [1.82, 2.24) is 40.3 Å². The zero-order chi connectivity index (χ0) is 30.9. The Morgan fingerprint density at radius 3 is 2.68 bits per heavy atom. The van der Waals surface area contributed by atoms with Gasteiger partial charge in [-0.2, -0.15) is 11.8 Å². The molecule has 0 saturated heterocycles. The molecule has 0 saturated carbocycles. The van der Waals surface area contributed by atoms with Crippen molar-refractivity contribution in [2.45, 2.75) is 48.9 Å². The first-order valence-corrected chi connectivity index (χ1v) is 16.1. The molecule has 3 heterocycles. The number of nitrogens with one attached hydrogen (secondary N) is 1. The van der Waals surface area contributed by atoms with Gasteiger partial charge in [0.15, 0.2) is 0 Å². The molecule has 2 N–H and O–H groups in total. The van der Waals surface area contributed by atoms with Gasteiger partial charge in [-0.1, -0.05) is 22.6 Å². The van der Waals surface area contributed by atoms with Gasteiger partial charge in [0.05, 0.1) is 29.2 Å². The summed E-state index contributed by atoms with van der Waals surface area (Å²) in [6.07, 6.45) is 3.26. The second-order valence-electron chi connectivity index (χ2n) is 9.92. The number of thiol groups is 1. The van der Waals surface area contributed by atoms with Crippen LogP contribution in [-0.2, 0) is 30.3 Å².